The first-order valence-corrected chi connectivity index (χ1v) is 19.9. The quantitative estimate of drug-likeness (QED) is 0.0491. The highest BCUT2D eigenvalue weighted by molar-refractivity contribution is 7.96. The van der Waals surface area contributed by atoms with Crippen molar-refractivity contribution in [2.45, 2.75) is 5.92 Å². The Bertz CT molecular complexity index is 2610. The van der Waals surface area contributed by atoms with Crippen molar-refractivity contribution >= 4 is 51.2 Å². The van der Waals surface area contributed by atoms with E-state index in [1.165, 1.54) is 0 Å². The van der Waals surface area contributed by atoms with E-state index in [-0.39, 0.29) is 0 Å². The lowest BCUT2D eigenvalue weighted by Gasteiger charge is -2.44. The maximum atomic E-state index is 15.4. The van der Waals surface area contributed by atoms with Crippen LogP contribution in [0.25, 0.3) is 0 Å². The van der Waals surface area contributed by atoms with Crippen LogP contribution in [-0.2, 0) is 0 Å². The van der Waals surface area contributed by atoms with E-state index in [1.54, 1.807) is 91.0 Å². The Kier molecular flexibility index (Phi) is 13.8. The molecule has 0 saturated heterocycles. The van der Waals surface area contributed by atoms with Gasteiger partial charge < -0.3 is 0 Å². The van der Waals surface area contributed by atoms with Crippen molar-refractivity contribution in [3.8, 4) is 0 Å². The minimum absolute atomic E-state index is 0.324. The molecule has 356 valence electrons. The first kappa shape index (κ1) is 50.8. The summed E-state index contributed by atoms with van der Waals surface area (Å²) in [5, 5.41) is 0.972. The Hall–Kier alpha value is -6.58. The van der Waals surface area contributed by atoms with Crippen molar-refractivity contribution < 1.29 is 101 Å². The molecule has 0 atom stereocenters. The molecule has 0 heterocycles. The summed E-state index contributed by atoms with van der Waals surface area (Å²) in [4.78, 5) is 0. The summed E-state index contributed by atoms with van der Waals surface area (Å²) >= 11 is 0. The van der Waals surface area contributed by atoms with Crippen molar-refractivity contribution in [1.29, 1.82) is 0 Å². The Balaban J connectivity index is 0.000000276. The molecule has 0 aliphatic heterocycles. The second kappa shape index (κ2) is 18.5. The summed E-state index contributed by atoms with van der Waals surface area (Å²) in [5.74, 6) is -75.8. The van der Waals surface area contributed by atoms with E-state index in [0.717, 1.165) is 0 Å². The van der Waals surface area contributed by atoms with Gasteiger partial charge in [0.25, 0.3) is 0 Å². The summed E-state index contributed by atoms with van der Waals surface area (Å²) in [7, 11) is -3.74. The van der Waals surface area contributed by atoms with Gasteiger partial charge in [-0.05, 0) is 36.4 Å². The molecule has 0 radical (unpaired) electrons. The fraction of sp³-hybridized carbons (Fsp3) is 0.0233. The van der Waals surface area contributed by atoms with Crippen LogP contribution >= 0.6 is 7.26 Å². The van der Waals surface area contributed by atoms with Crippen LogP contribution in [0.2, 0.25) is 0 Å². The number of hydrogen-bond acceptors (Lipinski definition) is 0. The average Bonchev–Trinajstić information content (AvgIpc) is 3.32. The lowest BCUT2D eigenvalue weighted by molar-refractivity contribution is -0.0400. The highest BCUT2D eigenvalue weighted by Gasteiger charge is 2.67. The smallest absolute Gasteiger partial charge is 0.207 e. The monoisotopic (exact) mass is 1010 g/mol. The zero-order chi connectivity index (χ0) is 50.7. The van der Waals surface area contributed by atoms with E-state index >= 15 is 35.1 Å². The van der Waals surface area contributed by atoms with Gasteiger partial charge in [-0.25, -0.2) is 87.8 Å². The predicted molar refractivity (Wildman–Crippen MR) is 200 cm³/mol. The first-order valence-electron chi connectivity index (χ1n) is 18.1. The lowest BCUT2D eigenvalue weighted by atomic mass is 9.12. The van der Waals surface area contributed by atoms with Crippen LogP contribution < -0.4 is 37.8 Å². The van der Waals surface area contributed by atoms with Gasteiger partial charge in [-0.2, -0.15) is 0 Å². The van der Waals surface area contributed by atoms with Crippen LogP contribution in [-0.4, -0.2) is 12.1 Å². The average molecular weight is 1010 g/mol. The Morgan fingerprint density at radius 3 is 0.529 bits per heavy atom. The van der Waals surface area contributed by atoms with Crippen LogP contribution in [0, 0.1) is 116 Å². The second-order valence-corrected chi connectivity index (χ2v) is 17.3. The summed E-state index contributed by atoms with van der Waals surface area (Å²) in [6.45, 7) is 0. The third kappa shape index (κ3) is 7.50. The molecule has 0 aromatic heterocycles. The largest absolute Gasteiger partial charge is 0.524 e. The van der Waals surface area contributed by atoms with E-state index in [9.17, 15) is 65.9 Å². The molecule has 7 rings (SSSR count). The number of rotatable bonds is 7. The third-order valence-corrected chi connectivity index (χ3v) is 14.5. The number of hydrogen-bond donors (Lipinski definition) is 0. The van der Waals surface area contributed by atoms with E-state index in [2.05, 4.69) is 0 Å². The molecule has 0 fully saturated rings. The fourth-order valence-corrected chi connectivity index (χ4v) is 11.3. The first-order chi connectivity index (χ1) is 31.8. The van der Waals surface area contributed by atoms with Gasteiger partial charge in [0, 0.05) is 0 Å². The molecule has 7 aromatic carbocycles. The molecule has 0 unspecified atom stereocenters. The van der Waals surface area contributed by atoms with Gasteiger partial charge in [-0.3, -0.25) is 0 Å². The van der Waals surface area contributed by atoms with Gasteiger partial charge in [0.05, 0.1) is 0 Å². The molecule has 0 aliphatic rings. The van der Waals surface area contributed by atoms with Crippen molar-refractivity contribution in [3.05, 3.63) is 207 Å². The summed E-state index contributed by atoms with van der Waals surface area (Å²) in [6.07, 6.45) is -7.22. The van der Waals surface area contributed by atoms with E-state index in [4.69, 9.17) is 0 Å². The Morgan fingerprint density at radius 2 is 0.382 bits per heavy atom. The SMILES string of the molecule is FC(F)(F)[P+](c1ccccc1)(c1ccccc1)c1ccccc1.Fc1c(F)c(F)c([B-](c2c(F)c(F)c(F)c(F)c2F)(c2c(F)c(F)c(F)c(F)c2F)c2c(F)c(F)c(F)c(F)c2F)c(F)c1F. The Morgan fingerprint density at radius 1 is 0.235 bits per heavy atom. The zero-order valence-corrected chi connectivity index (χ0v) is 33.3. The highest BCUT2D eigenvalue weighted by atomic mass is 31.2. The normalized spacial score (nSPS) is 12.0. The number of alkyl halides is 3. The van der Waals surface area contributed by atoms with Gasteiger partial charge in [0.15, 0.2) is 69.8 Å². The summed E-state index contributed by atoms with van der Waals surface area (Å²) in [5.41, 5.74) is -14.3. The molecule has 0 aliphatic carbocycles. The molecule has 0 spiro atoms. The number of halogens is 23. The topological polar surface area (TPSA) is 0 Å². The minimum Gasteiger partial charge on any atom is -0.207 e. The molecule has 25 heteroatoms. The molecule has 0 bridgehead atoms. The third-order valence-electron chi connectivity index (χ3n) is 10.5. The van der Waals surface area contributed by atoms with Gasteiger partial charge in [0.2, 0.25) is 7.26 Å². The van der Waals surface area contributed by atoms with Gasteiger partial charge >= 0.3 is 5.92 Å². The number of benzene rings is 7. The predicted octanol–water partition coefficient (Wildman–Crippen LogP) is 10.3. The van der Waals surface area contributed by atoms with Crippen LogP contribution in [0.5, 0.6) is 0 Å². The van der Waals surface area contributed by atoms with Crippen molar-refractivity contribution in [2.24, 2.45) is 0 Å². The van der Waals surface area contributed by atoms with Crippen LogP contribution in [0.1, 0.15) is 0 Å². The molecular weight excluding hydrogens is 995 g/mol. The molecule has 0 nitrogen and oxygen atoms in total. The Labute approximate surface area is 365 Å². The fourth-order valence-electron chi connectivity index (χ4n) is 7.72. The minimum atomic E-state index is -7.22. The van der Waals surface area contributed by atoms with Gasteiger partial charge in [0.1, 0.15) is 68.6 Å². The van der Waals surface area contributed by atoms with E-state index < -0.39 is 158 Å². The molecule has 0 amide bonds. The van der Waals surface area contributed by atoms with E-state index in [1.807, 2.05) is 0 Å². The molecule has 0 saturated carbocycles. The van der Waals surface area contributed by atoms with Crippen molar-refractivity contribution in [3.63, 3.8) is 0 Å². The summed E-state index contributed by atoms with van der Waals surface area (Å²) in [6, 6.07) is 24.7. The van der Waals surface area contributed by atoms with Crippen molar-refractivity contribution in [2.75, 3.05) is 0 Å². The molecule has 68 heavy (non-hydrogen) atoms. The van der Waals surface area contributed by atoms with Gasteiger partial charge in [-0.1, -0.05) is 54.6 Å². The zero-order valence-electron chi connectivity index (χ0n) is 32.4. The standard InChI is InChI=1S/C24BF20.C19H15F3P/c26-5-1(6(27)14(35)21(42)13(5)34)25(2-7(28)15(36)22(43)16(37)8(2)29,3-9(30)17(38)23(44)18(39)10(3)31)4-11(32)19(40)24(45)20(41)12(4)33;20-19(21,22)23(16-10-4-1-5-11-16,17-12-6-2-7-13-17)18-14-8-3-9-15-18/h;1-15H/q-1;+1. The van der Waals surface area contributed by atoms with Crippen LogP contribution in [0.3, 0.4) is 0 Å². The summed E-state index contributed by atoms with van der Waals surface area (Å²) < 4.78 is 337. The van der Waals surface area contributed by atoms with E-state index in [0.29, 0.717) is 15.9 Å². The lowest BCUT2D eigenvalue weighted by Crippen LogP contribution is -2.81. The molecule has 0 N–H and O–H groups in total. The second-order valence-electron chi connectivity index (χ2n) is 13.9. The molecular formula is C43H15BF23P. The van der Waals surface area contributed by atoms with Crippen LogP contribution in [0.15, 0.2) is 91.0 Å². The molecule has 7 aromatic rings. The maximum absolute atomic E-state index is 15.4. The highest BCUT2D eigenvalue weighted by Crippen LogP contribution is 2.68. The van der Waals surface area contributed by atoms with Gasteiger partial charge in [-0.15, -0.1) is 35.0 Å². The maximum Gasteiger partial charge on any atom is 0.524 e. The van der Waals surface area contributed by atoms with Crippen LogP contribution in [0.4, 0.5) is 101 Å². The van der Waals surface area contributed by atoms with Crippen molar-refractivity contribution in [1.82, 2.24) is 0 Å².